The van der Waals surface area contributed by atoms with E-state index in [1.165, 1.54) is 12.3 Å². The summed E-state index contributed by atoms with van der Waals surface area (Å²) in [5.74, 6) is 0.724. The van der Waals surface area contributed by atoms with Crippen molar-refractivity contribution in [3.63, 3.8) is 0 Å². The topological polar surface area (TPSA) is 100 Å². The van der Waals surface area contributed by atoms with Crippen LogP contribution in [0.4, 0.5) is 5.69 Å². The van der Waals surface area contributed by atoms with Gasteiger partial charge in [-0.05, 0) is 54.8 Å². The predicted octanol–water partition coefficient (Wildman–Crippen LogP) is 4.49. The number of hydrogen-bond acceptors (Lipinski definition) is 8. The normalized spacial score (nSPS) is 11.4. The molecule has 0 saturated carbocycles. The second-order valence-electron chi connectivity index (χ2n) is 8.15. The summed E-state index contributed by atoms with van der Waals surface area (Å²) < 4.78 is 44.8. The van der Waals surface area contributed by atoms with Crippen LogP contribution in [0, 0.1) is 0 Å². The Morgan fingerprint density at radius 1 is 0.944 bits per heavy atom. The number of ether oxygens (including phenoxy) is 4. The summed E-state index contributed by atoms with van der Waals surface area (Å²) in [6, 6.07) is 13.1. The molecule has 0 bridgehead atoms. The summed E-state index contributed by atoms with van der Waals surface area (Å²) in [4.78, 5) is 11.9. The highest BCUT2D eigenvalue weighted by Crippen LogP contribution is 2.29. The standard InChI is InChI=1S/C27H37NO7S/c1-4-6-16-33-26-20-23(10-14-27(29)35-19-18-32-5-2)9-13-25(26)34-17-15-22-7-11-24(12-8-22)28-21-36(3,30)31/h7-14,20,28H,4-6,15-19,21H2,1-3H3/b14-10-. The van der Waals surface area contributed by atoms with Crippen LogP contribution in [0.25, 0.3) is 6.08 Å². The van der Waals surface area contributed by atoms with Gasteiger partial charge in [0.25, 0.3) is 0 Å². The molecule has 8 nitrogen and oxygen atoms in total. The fourth-order valence-electron chi connectivity index (χ4n) is 3.03. The molecule has 0 amide bonds. The molecule has 0 radical (unpaired) electrons. The maximum absolute atomic E-state index is 11.9. The minimum Gasteiger partial charge on any atom is -0.490 e. The lowest BCUT2D eigenvalue weighted by atomic mass is 10.1. The number of anilines is 1. The summed E-state index contributed by atoms with van der Waals surface area (Å²) in [5, 5.41) is 2.89. The Balaban J connectivity index is 1.94. The van der Waals surface area contributed by atoms with E-state index < -0.39 is 15.8 Å². The van der Waals surface area contributed by atoms with E-state index in [0.717, 1.165) is 29.7 Å². The third-order valence-electron chi connectivity index (χ3n) is 4.95. The van der Waals surface area contributed by atoms with E-state index in [1.54, 1.807) is 6.08 Å². The zero-order valence-corrected chi connectivity index (χ0v) is 22.1. The molecule has 2 aromatic carbocycles. The molecule has 0 spiro atoms. The average molecular weight is 520 g/mol. The quantitative estimate of drug-likeness (QED) is 0.185. The van der Waals surface area contributed by atoms with Gasteiger partial charge >= 0.3 is 5.97 Å². The van der Waals surface area contributed by atoms with Crippen molar-refractivity contribution in [1.82, 2.24) is 0 Å². The predicted molar refractivity (Wildman–Crippen MR) is 142 cm³/mol. The van der Waals surface area contributed by atoms with Gasteiger partial charge in [0, 0.05) is 31.0 Å². The molecule has 0 atom stereocenters. The monoisotopic (exact) mass is 519 g/mol. The number of sulfone groups is 1. The Bertz CT molecular complexity index is 1070. The molecular weight excluding hydrogens is 482 g/mol. The molecule has 1 N–H and O–H groups in total. The number of unbranched alkanes of at least 4 members (excludes halogenated alkanes) is 1. The largest absolute Gasteiger partial charge is 0.490 e. The fraction of sp³-hybridized carbons (Fsp3) is 0.444. The third kappa shape index (κ3) is 12.1. The van der Waals surface area contributed by atoms with Crippen LogP contribution in [-0.4, -0.2) is 59.6 Å². The van der Waals surface area contributed by atoms with Gasteiger partial charge in [0.2, 0.25) is 0 Å². The SMILES string of the molecule is CCCCOc1cc(/C=C\C(=O)OCCOCC)ccc1OCCc1ccc(NCS(C)(=O)=O)cc1. The van der Waals surface area contributed by atoms with Crippen molar-refractivity contribution in [3.05, 3.63) is 59.7 Å². The molecule has 0 aliphatic rings. The Morgan fingerprint density at radius 2 is 1.69 bits per heavy atom. The number of hydrogen-bond donors (Lipinski definition) is 1. The van der Waals surface area contributed by atoms with E-state index in [0.29, 0.717) is 44.3 Å². The lowest BCUT2D eigenvalue weighted by Gasteiger charge is -2.14. The molecule has 0 heterocycles. The number of carbonyl (C=O) groups is 1. The highest BCUT2D eigenvalue weighted by molar-refractivity contribution is 7.90. The van der Waals surface area contributed by atoms with Gasteiger partial charge in [-0.2, -0.15) is 0 Å². The second-order valence-corrected chi connectivity index (χ2v) is 10.3. The Morgan fingerprint density at radius 3 is 2.39 bits per heavy atom. The highest BCUT2D eigenvalue weighted by atomic mass is 32.2. The van der Waals surface area contributed by atoms with E-state index in [9.17, 15) is 13.2 Å². The smallest absolute Gasteiger partial charge is 0.330 e. The fourth-order valence-corrected chi connectivity index (χ4v) is 3.46. The van der Waals surface area contributed by atoms with Crippen molar-refractivity contribution in [2.24, 2.45) is 0 Å². The molecule has 36 heavy (non-hydrogen) atoms. The zero-order chi connectivity index (χ0) is 26.2. The van der Waals surface area contributed by atoms with Crippen LogP contribution in [0.3, 0.4) is 0 Å². The molecule has 9 heteroatoms. The van der Waals surface area contributed by atoms with E-state index >= 15 is 0 Å². The van der Waals surface area contributed by atoms with Gasteiger partial charge < -0.3 is 24.3 Å². The van der Waals surface area contributed by atoms with Crippen molar-refractivity contribution in [2.45, 2.75) is 33.1 Å². The molecule has 0 aliphatic carbocycles. The van der Waals surface area contributed by atoms with Crippen LogP contribution in [0.1, 0.15) is 37.8 Å². The van der Waals surface area contributed by atoms with Crippen LogP contribution in [0.2, 0.25) is 0 Å². The van der Waals surface area contributed by atoms with Crippen LogP contribution in [-0.2, 0) is 30.5 Å². The summed E-state index contributed by atoms with van der Waals surface area (Å²) in [6.45, 7) is 6.18. The van der Waals surface area contributed by atoms with Gasteiger partial charge in [-0.25, -0.2) is 13.2 Å². The molecule has 2 aromatic rings. The Hall–Kier alpha value is -3.04. The van der Waals surface area contributed by atoms with E-state index in [-0.39, 0.29) is 12.5 Å². The summed E-state index contributed by atoms with van der Waals surface area (Å²) >= 11 is 0. The first-order valence-electron chi connectivity index (χ1n) is 12.1. The minimum absolute atomic E-state index is 0.101. The molecule has 0 aromatic heterocycles. The van der Waals surface area contributed by atoms with Crippen molar-refractivity contribution in [2.75, 3.05) is 50.5 Å². The number of nitrogens with one attached hydrogen (secondary N) is 1. The maximum atomic E-state index is 11.9. The van der Waals surface area contributed by atoms with Gasteiger partial charge in [-0.3, -0.25) is 0 Å². The molecule has 0 unspecified atom stereocenters. The van der Waals surface area contributed by atoms with Crippen molar-refractivity contribution >= 4 is 27.6 Å². The molecule has 0 fully saturated rings. The molecular formula is C27H37NO7S. The van der Waals surface area contributed by atoms with Gasteiger partial charge in [0.05, 0.1) is 19.8 Å². The van der Waals surface area contributed by atoms with Crippen LogP contribution in [0.5, 0.6) is 11.5 Å². The van der Waals surface area contributed by atoms with E-state index in [4.69, 9.17) is 18.9 Å². The molecule has 0 aliphatic heterocycles. The lowest BCUT2D eigenvalue weighted by Crippen LogP contribution is -2.12. The number of carbonyl (C=O) groups excluding carboxylic acids is 1. The van der Waals surface area contributed by atoms with Crippen molar-refractivity contribution in [3.8, 4) is 11.5 Å². The van der Waals surface area contributed by atoms with Crippen LogP contribution >= 0.6 is 0 Å². The average Bonchev–Trinajstić information content (AvgIpc) is 2.85. The first-order chi connectivity index (χ1) is 17.3. The van der Waals surface area contributed by atoms with E-state index in [1.807, 2.05) is 49.4 Å². The number of rotatable bonds is 17. The Labute approximate surface area is 214 Å². The van der Waals surface area contributed by atoms with Gasteiger partial charge in [0.1, 0.15) is 12.5 Å². The number of benzene rings is 2. The molecule has 0 saturated heterocycles. The van der Waals surface area contributed by atoms with Gasteiger partial charge in [-0.15, -0.1) is 0 Å². The minimum atomic E-state index is -3.08. The van der Waals surface area contributed by atoms with Crippen molar-refractivity contribution < 1.29 is 32.2 Å². The van der Waals surface area contributed by atoms with Crippen LogP contribution in [0.15, 0.2) is 48.5 Å². The molecule has 2 rings (SSSR count). The first-order valence-corrected chi connectivity index (χ1v) is 14.2. The van der Waals surface area contributed by atoms with Crippen LogP contribution < -0.4 is 14.8 Å². The second kappa shape index (κ2) is 15.9. The molecule has 198 valence electrons. The maximum Gasteiger partial charge on any atom is 0.330 e. The zero-order valence-electron chi connectivity index (χ0n) is 21.3. The summed E-state index contributed by atoms with van der Waals surface area (Å²) in [6.07, 6.45) is 6.86. The van der Waals surface area contributed by atoms with Crippen molar-refractivity contribution in [1.29, 1.82) is 0 Å². The summed E-state index contributed by atoms with van der Waals surface area (Å²) in [5.41, 5.74) is 2.61. The van der Waals surface area contributed by atoms with Gasteiger partial charge in [-0.1, -0.05) is 31.5 Å². The van der Waals surface area contributed by atoms with Gasteiger partial charge in [0.15, 0.2) is 21.3 Å². The highest BCUT2D eigenvalue weighted by Gasteiger charge is 2.08. The lowest BCUT2D eigenvalue weighted by molar-refractivity contribution is -0.139. The Kier molecular flexibility index (Phi) is 12.9. The first kappa shape index (κ1) is 29.2. The van der Waals surface area contributed by atoms with E-state index in [2.05, 4.69) is 12.2 Å². The third-order valence-corrected chi connectivity index (χ3v) is 5.62. The summed E-state index contributed by atoms with van der Waals surface area (Å²) in [7, 11) is -3.08. The number of esters is 1.